The molecule has 0 atom stereocenters. The van der Waals surface area contributed by atoms with Crippen LogP contribution in [0.2, 0.25) is 0 Å². The van der Waals surface area contributed by atoms with Crippen LogP contribution in [-0.2, 0) is 0 Å². The lowest BCUT2D eigenvalue weighted by molar-refractivity contribution is 0.403. The van der Waals surface area contributed by atoms with Crippen LogP contribution in [0, 0.1) is 5.82 Å². The second-order valence-electron chi connectivity index (χ2n) is 3.71. The summed E-state index contributed by atoms with van der Waals surface area (Å²) in [6.45, 7) is 1.75. The Balaban J connectivity index is 2.35. The molecule has 0 aliphatic carbocycles. The zero-order valence-electron chi connectivity index (χ0n) is 9.28. The number of halogens is 1. The van der Waals surface area contributed by atoms with Crippen LogP contribution in [0.4, 0.5) is 4.39 Å². The molecule has 0 fully saturated rings. The largest absolute Gasteiger partial charge is 0.309 e. The fraction of sp³-hybridized carbons (Fsp3) is 0.417. The Bertz CT molecular complexity index is 321. The molecule has 1 rings (SSSR count). The molecule has 0 spiro atoms. The third-order valence-corrected chi connectivity index (χ3v) is 2.03. The van der Waals surface area contributed by atoms with Gasteiger partial charge in [-0.25, -0.2) is 4.39 Å². The average molecular weight is 208 g/mol. The van der Waals surface area contributed by atoms with Crippen molar-refractivity contribution in [3.05, 3.63) is 35.6 Å². The summed E-state index contributed by atoms with van der Waals surface area (Å²) in [4.78, 5) is 6.29. The van der Waals surface area contributed by atoms with Gasteiger partial charge < -0.3 is 4.90 Å². The minimum Gasteiger partial charge on any atom is -0.309 e. The number of benzene rings is 1. The van der Waals surface area contributed by atoms with Crippen molar-refractivity contribution in [2.45, 2.75) is 6.42 Å². The average Bonchev–Trinajstić information content (AvgIpc) is 2.20. The van der Waals surface area contributed by atoms with Crippen LogP contribution in [0.3, 0.4) is 0 Å². The van der Waals surface area contributed by atoms with Crippen molar-refractivity contribution in [1.29, 1.82) is 0 Å². The van der Waals surface area contributed by atoms with Gasteiger partial charge in [0, 0.05) is 18.3 Å². The van der Waals surface area contributed by atoms with Crippen molar-refractivity contribution >= 4 is 6.21 Å². The van der Waals surface area contributed by atoms with Crippen LogP contribution in [0.5, 0.6) is 0 Å². The first kappa shape index (κ1) is 11.9. The van der Waals surface area contributed by atoms with E-state index in [1.54, 1.807) is 18.3 Å². The van der Waals surface area contributed by atoms with E-state index in [-0.39, 0.29) is 5.82 Å². The lowest BCUT2D eigenvalue weighted by Crippen LogP contribution is -2.13. The van der Waals surface area contributed by atoms with Gasteiger partial charge >= 0.3 is 0 Å². The third kappa shape index (κ3) is 4.70. The fourth-order valence-electron chi connectivity index (χ4n) is 1.22. The second kappa shape index (κ2) is 6.30. The molecular weight excluding hydrogens is 191 g/mol. The van der Waals surface area contributed by atoms with Gasteiger partial charge in [0.15, 0.2) is 0 Å². The summed E-state index contributed by atoms with van der Waals surface area (Å²) in [5, 5.41) is 0. The standard InChI is InChI=1S/C12H17FN2/c1-15(2)9-5-8-14-10-11-6-3-4-7-12(11)13/h3-4,6-7,10H,5,8-9H2,1-2H3. The summed E-state index contributed by atoms with van der Waals surface area (Å²) in [6, 6.07) is 6.66. The molecule has 0 bridgehead atoms. The highest BCUT2D eigenvalue weighted by molar-refractivity contribution is 5.79. The number of rotatable bonds is 5. The van der Waals surface area contributed by atoms with Crippen LogP contribution in [-0.4, -0.2) is 38.3 Å². The van der Waals surface area contributed by atoms with E-state index in [2.05, 4.69) is 9.89 Å². The number of nitrogens with zero attached hydrogens (tertiary/aromatic N) is 2. The van der Waals surface area contributed by atoms with E-state index in [0.29, 0.717) is 5.56 Å². The third-order valence-electron chi connectivity index (χ3n) is 2.03. The molecule has 0 heterocycles. The van der Waals surface area contributed by atoms with Crippen molar-refractivity contribution in [3.63, 3.8) is 0 Å². The van der Waals surface area contributed by atoms with E-state index in [4.69, 9.17) is 0 Å². The predicted molar refractivity (Wildman–Crippen MR) is 62.0 cm³/mol. The summed E-state index contributed by atoms with van der Waals surface area (Å²) in [6.07, 6.45) is 2.60. The zero-order chi connectivity index (χ0) is 11.1. The van der Waals surface area contributed by atoms with Gasteiger partial charge in [-0.3, -0.25) is 4.99 Å². The monoisotopic (exact) mass is 208 g/mol. The zero-order valence-corrected chi connectivity index (χ0v) is 9.28. The Morgan fingerprint density at radius 1 is 1.33 bits per heavy atom. The molecule has 0 aromatic heterocycles. The van der Waals surface area contributed by atoms with Crippen molar-refractivity contribution in [1.82, 2.24) is 4.90 Å². The van der Waals surface area contributed by atoms with E-state index in [9.17, 15) is 4.39 Å². The summed E-state index contributed by atoms with van der Waals surface area (Å²) < 4.78 is 13.1. The quantitative estimate of drug-likeness (QED) is 0.535. The van der Waals surface area contributed by atoms with Gasteiger partial charge in [-0.05, 0) is 33.1 Å². The molecule has 0 N–H and O–H groups in total. The van der Waals surface area contributed by atoms with Gasteiger partial charge in [-0.2, -0.15) is 0 Å². The first-order valence-corrected chi connectivity index (χ1v) is 5.09. The van der Waals surface area contributed by atoms with Crippen LogP contribution in [0.25, 0.3) is 0 Å². The number of hydrogen-bond acceptors (Lipinski definition) is 2. The normalized spacial score (nSPS) is 11.5. The molecule has 0 aliphatic heterocycles. The SMILES string of the molecule is CN(C)CCCN=Cc1ccccc1F. The van der Waals surface area contributed by atoms with Crippen LogP contribution in [0.15, 0.2) is 29.3 Å². The van der Waals surface area contributed by atoms with E-state index in [1.807, 2.05) is 20.2 Å². The number of aliphatic imine (C=N–C) groups is 1. The molecule has 15 heavy (non-hydrogen) atoms. The maximum Gasteiger partial charge on any atom is 0.131 e. The molecule has 2 nitrogen and oxygen atoms in total. The highest BCUT2D eigenvalue weighted by Gasteiger charge is 1.95. The maximum absolute atomic E-state index is 13.1. The van der Waals surface area contributed by atoms with Crippen molar-refractivity contribution in [2.24, 2.45) is 4.99 Å². The van der Waals surface area contributed by atoms with Gasteiger partial charge in [0.2, 0.25) is 0 Å². The van der Waals surface area contributed by atoms with E-state index < -0.39 is 0 Å². The lowest BCUT2D eigenvalue weighted by Gasteiger charge is -2.06. The molecule has 0 unspecified atom stereocenters. The van der Waals surface area contributed by atoms with Crippen LogP contribution >= 0.6 is 0 Å². The molecule has 82 valence electrons. The topological polar surface area (TPSA) is 15.6 Å². The molecular formula is C12H17FN2. The van der Waals surface area contributed by atoms with Gasteiger partial charge in [-0.15, -0.1) is 0 Å². The highest BCUT2D eigenvalue weighted by Crippen LogP contribution is 2.02. The van der Waals surface area contributed by atoms with Gasteiger partial charge in [0.1, 0.15) is 5.82 Å². The summed E-state index contributed by atoms with van der Waals surface area (Å²) >= 11 is 0. The molecule has 0 saturated carbocycles. The minimum atomic E-state index is -0.214. The van der Waals surface area contributed by atoms with Crippen molar-refractivity contribution in [2.75, 3.05) is 27.2 Å². The Kier molecular flexibility index (Phi) is 4.98. The summed E-state index contributed by atoms with van der Waals surface area (Å²) in [5.41, 5.74) is 0.558. The smallest absolute Gasteiger partial charge is 0.131 e. The van der Waals surface area contributed by atoms with Crippen molar-refractivity contribution < 1.29 is 4.39 Å². The fourth-order valence-corrected chi connectivity index (χ4v) is 1.22. The Morgan fingerprint density at radius 3 is 2.73 bits per heavy atom. The Morgan fingerprint density at radius 2 is 2.07 bits per heavy atom. The lowest BCUT2D eigenvalue weighted by atomic mass is 10.2. The predicted octanol–water partition coefficient (Wildman–Crippen LogP) is 2.20. The van der Waals surface area contributed by atoms with Crippen LogP contribution < -0.4 is 0 Å². The molecule has 0 amide bonds. The first-order chi connectivity index (χ1) is 7.20. The maximum atomic E-state index is 13.1. The highest BCUT2D eigenvalue weighted by atomic mass is 19.1. The number of hydrogen-bond donors (Lipinski definition) is 0. The van der Waals surface area contributed by atoms with Crippen molar-refractivity contribution in [3.8, 4) is 0 Å². The van der Waals surface area contributed by atoms with Gasteiger partial charge in [-0.1, -0.05) is 18.2 Å². The molecule has 0 saturated heterocycles. The van der Waals surface area contributed by atoms with Crippen LogP contribution in [0.1, 0.15) is 12.0 Å². The molecule has 1 aromatic rings. The summed E-state index contributed by atoms with van der Waals surface area (Å²) in [5.74, 6) is -0.214. The Hall–Kier alpha value is -1.22. The minimum absolute atomic E-state index is 0.214. The Labute approximate surface area is 90.4 Å². The van der Waals surface area contributed by atoms with Gasteiger partial charge in [0.05, 0.1) is 0 Å². The summed E-state index contributed by atoms with van der Waals surface area (Å²) in [7, 11) is 4.06. The van der Waals surface area contributed by atoms with E-state index in [1.165, 1.54) is 6.07 Å². The molecule has 0 radical (unpaired) electrons. The molecule has 3 heteroatoms. The molecule has 0 aliphatic rings. The van der Waals surface area contributed by atoms with E-state index in [0.717, 1.165) is 19.5 Å². The molecule has 1 aromatic carbocycles. The second-order valence-corrected chi connectivity index (χ2v) is 3.71. The first-order valence-electron chi connectivity index (χ1n) is 5.09. The van der Waals surface area contributed by atoms with Gasteiger partial charge in [0.25, 0.3) is 0 Å². The van der Waals surface area contributed by atoms with E-state index >= 15 is 0 Å².